The van der Waals surface area contributed by atoms with Crippen LogP contribution in [0.15, 0.2) is 12.3 Å². The molecule has 1 unspecified atom stereocenters. The SMILES string of the molecule is Cc1nc2ncc(CC(C)CN)cc2[nH]1. The summed E-state index contributed by atoms with van der Waals surface area (Å²) in [5.74, 6) is 1.40. The molecule has 4 nitrogen and oxygen atoms in total. The van der Waals surface area contributed by atoms with Crippen molar-refractivity contribution in [2.24, 2.45) is 11.7 Å². The van der Waals surface area contributed by atoms with Crippen LogP contribution in [0.2, 0.25) is 0 Å². The van der Waals surface area contributed by atoms with Crippen LogP contribution in [-0.2, 0) is 6.42 Å². The average molecular weight is 204 g/mol. The summed E-state index contributed by atoms with van der Waals surface area (Å²) >= 11 is 0. The van der Waals surface area contributed by atoms with Crippen molar-refractivity contribution in [3.05, 3.63) is 23.7 Å². The van der Waals surface area contributed by atoms with Gasteiger partial charge in [-0.15, -0.1) is 0 Å². The van der Waals surface area contributed by atoms with Gasteiger partial charge in [0.05, 0.1) is 5.52 Å². The standard InChI is InChI=1S/C11H16N4/c1-7(5-12)3-9-4-10-11(13-6-9)15-8(2)14-10/h4,6-7H,3,5,12H2,1-2H3,(H,13,14,15). The molecule has 0 bridgehead atoms. The molecule has 2 heterocycles. The third kappa shape index (κ3) is 2.15. The Kier molecular flexibility index (Phi) is 2.68. The zero-order chi connectivity index (χ0) is 10.8. The van der Waals surface area contributed by atoms with Gasteiger partial charge in [-0.05, 0) is 37.4 Å². The average Bonchev–Trinajstić information content (AvgIpc) is 2.57. The fourth-order valence-corrected chi connectivity index (χ4v) is 1.66. The molecule has 0 saturated carbocycles. The topological polar surface area (TPSA) is 67.6 Å². The van der Waals surface area contributed by atoms with Gasteiger partial charge in [-0.25, -0.2) is 9.97 Å². The van der Waals surface area contributed by atoms with Gasteiger partial charge in [-0.1, -0.05) is 6.92 Å². The molecule has 1 atom stereocenters. The minimum Gasteiger partial charge on any atom is -0.341 e. The monoisotopic (exact) mass is 204 g/mol. The first-order valence-electron chi connectivity index (χ1n) is 5.20. The van der Waals surface area contributed by atoms with Gasteiger partial charge >= 0.3 is 0 Å². The molecule has 0 aliphatic heterocycles. The number of aryl methyl sites for hydroxylation is 1. The lowest BCUT2D eigenvalue weighted by atomic mass is 10.0. The smallest absolute Gasteiger partial charge is 0.177 e. The molecule has 0 aliphatic carbocycles. The highest BCUT2D eigenvalue weighted by Gasteiger charge is 2.05. The Labute approximate surface area is 88.9 Å². The van der Waals surface area contributed by atoms with E-state index in [0.29, 0.717) is 12.5 Å². The third-order valence-corrected chi connectivity index (χ3v) is 2.50. The number of pyridine rings is 1. The molecule has 0 aliphatic rings. The molecule has 0 spiro atoms. The summed E-state index contributed by atoms with van der Waals surface area (Å²) in [6, 6.07) is 2.11. The van der Waals surface area contributed by atoms with Crippen molar-refractivity contribution in [1.29, 1.82) is 0 Å². The number of fused-ring (bicyclic) bond motifs is 1. The van der Waals surface area contributed by atoms with Crippen LogP contribution in [0, 0.1) is 12.8 Å². The van der Waals surface area contributed by atoms with Crippen LogP contribution >= 0.6 is 0 Å². The van der Waals surface area contributed by atoms with Crippen molar-refractivity contribution < 1.29 is 0 Å². The fraction of sp³-hybridized carbons (Fsp3) is 0.455. The number of aromatic amines is 1. The molecule has 0 amide bonds. The van der Waals surface area contributed by atoms with E-state index in [-0.39, 0.29) is 0 Å². The van der Waals surface area contributed by atoms with E-state index in [9.17, 15) is 0 Å². The molecule has 0 fully saturated rings. The summed E-state index contributed by atoms with van der Waals surface area (Å²) in [6.07, 6.45) is 2.85. The van der Waals surface area contributed by atoms with Crippen molar-refractivity contribution in [2.45, 2.75) is 20.3 Å². The van der Waals surface area contributed by atoms with E-state index >= 15 is 0 Å². The Hall–Kier alpha value is -1.42. The number of H-pyrrole nitrogens is 1. The lowest BCUT2D eigenvalue weighted by Gasteiger charge is -2.07. The van der Waals surface area contributed by atoms with Crippen molar-refractivity contribution >= 4 is 11.2 Å². The van der Waals surface area contributed by atoms with Gasteiger partial charge in [0.15, 0.2) is 5.65 Å². The molecule has 2 aromatic rings. The Morgan fingerprint density at radius 1 is 1.53 bits per heavy atom. The highest BCUT2D eigenvalue weighted by molar-refractivity contribution is 5.70. The number of aromatic nitrogens is 3. The number of rotatable bonds is 3. The van der Waals surface area contributed by atoms with Gasteiger partial charge in [0, 0.05) is 6.20 Å². The fourth-order valence-electron chi connectivity index (χ4n) is 1.66. The normalized spacial score (nSPS) is 13.3. The predicted molar refractivity (Wildman–Crippen MR) is 60.5 cm³/mol. The summed E-state index contributed by atoms with van der Waals surface area (Å²) in [5, 5.41) is 0. The molecule has 15 heavy (non-hydrogen) atoms. The van der Waals surface area contributed by atoms with E-state index in [0.717, 1.165) is 23.4 Å². The van der Waals surface area contributed by atoms with Crippen LogP contribution in [-0.4, -0.2) is 21.5 Å². The zero-order valence-corrected chi connectivity index (χ0v) is 9.12. The lowest BCUT2D eigenvalue weighted by molar-refractivity contribution is 0.592. The number of nitrogens with zero attached hydrogens (tertiary/aromatic N) is 2. The van der Waals surface area contributed by atoms with Gasteiger partial charge in [-0.3, -0.25) is 0 Å². The van der Waals surface area contributed by atoms with E-state index in [1.807, 2.05) is 13.1 Å². The maximum Gasteiger partial charge on any atom is 0.177 e. The Morgan fingerprint density at radius 2 is 2.33 bits per heavy atom. The molecule has 0 aromatic carbocycles. The Balaban J connectivity index is 2.30. The van der Waals surface area contributed by atoms with E-state index in [1.165, 1.54) is 5.56 Å². The second-order valence-electron chi connectivity index (χ2n) is 4.08. The molecule has 2 aromatic heterocycles. The number of hydrogen-bond donors (Lipinski definition) is 2. The van der Waals surface area contributed by atoms with E-state index in [4.69, 9.17) is 5.73 Å². The Bertz CT molecular complexity index is 461. The van der Waals surface area contributed by atoms with Gasteiger partial charge in [-0.2, -0.15) is 0 Å². The van der Waals surface area contributed by atoms with Crippen molar-refractivity contribution in [2.75, 3.05) is 6.54 Å². The van der Waals surface area contributed by atoms with Gasteiger partial charge < -0.3 is 10.7 Å². The molecule has 0 saturated heterocycles. The van der Waals surface area contributed by atoms with Crippen molar-refractivity contribution in [1.82, 2.24) is 15.0 Å². The Morgan fingerprint density at radius 3 is 3.07 bits per heavy atom. The molecule has 3 N–H and O–H groups in total. The third-order valence-electron chi connectivity index (χ3n) is 2.50. The molecule has 4 heteroatoms. The minimum atomic E-state index is 0.494. The second-order valence-corrected chi connectivity index (χ2v) is 4.08. The molecular weight excluding hydrogens is 188 g/mol. The molecular formula is C11H16N4. The van der Waals surface area contributed by atoms with E-state index in [1.54, 1.807) is 0 Å². The minimum absolute atomic E-state index is 0.494. The summed E-state index contributed by atoms with van der Waals surface area (Å²) < 4.78 is 0. The first-order valence-corrected chi connectivity index (χ1v) is 5.20. The first-order chi connectivity index (χ1) is 7.19. The van der Waals surface area contributed by atoms with Crippen LogP contribution in [0.1, 0.15) is 18.3 Å². The van der Waals surface area contributed by atoms with Crippen LogP contribution in [0.4, 0.5) is 0 Å². The van der Waals surface area contributed by atoms with E-state index in [2.05, 4.69) is 27.9 Å². The largest absolute Gasteiger partial charge is 0.341 e. The molecule has 2 rings (SSSR count). The number of nitrogens with one attached hydrogen (secondary N) is 1. The molecule has 80 valence electrons. The first kappa shape index (κ1) is 10.1. The zero-order valence-electron chi connectivity index (χ0n) is 9.12. The van der Waals surface area contributed by atoms with Crippen LogP contribution in [0.3, 0.4) is 0 Å². The van der Waals surface area contributed by atoms with Crippen molar-refractivity contribution in [3.8, 4) is 0 Å². The maximum atomic E-state index is 5.60. The van der Waals surface area contributed by atoms with Crippen LogP contribution in [0.5, 0.6) is 0 Å². The quantitative estimate of drug-likeness (QED) is 0.794. The lowest BCUT2D eigenvalue weighted by Crippen LogP contribution is -2.13. The number of hydrogen-bond acceptors (Lipinski definition) is 3. The summed E-state index contributed by atoms with van der Waals surface area (Å²) in [5.41, 5.74) is 8.61. The van der Waals surface area contributed by atoms with Gasteiger partial charge in [0.25, 0.3) is 0 Å². The summed E-state index contributed by atoms with van der Waals surface area (Å²) in [7, 11) is 0. The van der Waals surface area contributed by atoms with Crippen molar-refractivity contribution in [3.63, 3.8) is 0 Å². The van der Waals surface area contributed by atoms with Crippen LogP contribution < -0.4 is 5.73 Å². The predicted octanol–water partition coefficient (Wildman–Crippen LogP) is 1.40. The maximum absolute atomic E-state index is 5.60. The van der Waals surface area contributed by atoms with Gasteiger partial charge in [0.2, 0.25) is 0 Å². The number of imidazole rings is 1. The van der Waals surface area contributed by atoms with E-state index < -0.39 is 0 Å². The van der Waals surface area contributed by atoms with Crippen LogP contribution in [0.25, 0.3) is 11.2 Å². The van der Waals surface area contributed by atoms with Gasteiger partial charge in [0.1, 0.15) is 5.82 Å². The number of nitrogens with two attached hydrogens (primary N) is 1. The second kappa shape index (κ2) is 3.98. The summed E-state index contributed by atoms with van der Waals surface area (Å²) in [4.78, 5) is 11.8. The molecule has 0 radical (unpaired) electrons. The highest BCUT2D eigenvalue weighted by Crippen LogP contribution is 2.13. The highest BCUT2D eigenvalue weighted by atomic mass is 15.0. The summed E-state index contributed by atoms with van der Waals surface area (Å²) in [6.45, 7) is 4.78.